The molecule has 5 nitrogen and oxygen atoms in total. The Morgan fingerprint density at radius 2 is 2.00 bits per heavy atom. The van der Waals surface area contributed by atoms with Crippen LogP contribution in [0.25, 0.3) is 0 Å². The van der Waals surface area contributed by atoms with Gasteiger partial charge in [0.2, 0.25) is 5.13 Å². The lowest BCUT2D eigenvalue weighted by atomic mass is 9.96. The van der Waals surface area contributed by atoms with Gasteiger partial charge in [0.15, 0.2) is 4.34 Å². The molecule has 1 N–H and O–H groups in total. The van der Waals surface area contributed by atoms with Gasteiger partial charge < -0.3 is 10.1 Å². The molecule has 1 saturated carbocycles. The van der Waals surface area contributed by atoms with Gasteiger partial charge in [-0.15, -0.1) is 10.2 Å². The zero-order valence-electron chi connectivity index (χ0n) is 12.4. The Hall–Kier alpha value is -0.370. The van der Waals surface area contributed by atoms with E-state index >= 15 is 0 Å². The van der Waals surface area contributed by atoms with E-state index in [0.29, 0.717) is 6.04 Å². The minimum absolute atomic E-state index is 0.609. The van der Waals surface area contributed by atoms with E-state index < -0.39 is 0 Å². The third kappa shape index (κ3) is 5.09. The highest BCUT2D eigenvalue weighted by Crippen LogP contribution is 2.28. The number of aromatic nitrogens is 2. The Balaban J connectivity index is 1.37. The highest BCUT2D eigenvalue weighted by Gasteiger charge is 2.15. The zero-order valence-corrected chi connectivity index (χ0v) is 14.1. The molecule has 1 saturated heterocycles. The third-order valence-corrected chi connectivity index (χ3v) is 6.04. The highest BCUT2D eigenvalue weighted by molar-refractivity contribution is 8.01. The first-order valence-corrected chi connectivity index (χ1v) is 9.73. The van der Waals surface area contributed by atoms with Crippen molar-refractivity contribution in [2.45, 2.75) is 42.5 Å². The molecule has 0 aromatic carbocycles. The second-order valence-corrected chi connectivity index (χ2v) is 7.97. The van der Waals surface area contributed by atoms with Crippen molar-refractivity contribution in [3.05, 3.63) is 0 Å². The number of hydrogen-bond donors (Lipinski definition) is 1. The van der Waals surface area contributed by atoms with Gasteiger partial charge in [-0.2, -0.15) is 0 Å². The van der Waals surface area contributed by atoms with Crippen molar-refractivity contribution in [3.8, 4) is 0 Å². The molecule has 1 aromatic heterocycles. The summed E-state index contributed by atoms with van der Waals surface area (Å²) in [4.78, 5) is 2.46. The lowest BCUT2D eigenvalue weighted by Gasteiger charge is -2.25. The Morgan fingerprint density at radius 1 is 1.19 bits per heavy atom. The van der Waals surface area contributed by atoms with Gasteiger partial charge in [-0.25, -0.2) is 0 Å². The van der Waals surface area contributed by atoms with Crippen LogP contribution in [0.15, 0.2) is 4.34 Å². The van der Waals surface area contributed by atoms with Crippen LogP contribution in [0, 0.1) is 0 Å². The van der Waals surface area contributed by atoms with Gasteiger partial charge in [0.1, 0.15) is 0 Å². The first kappa shape index (κ1) is 15.5. The summed E-state index contributed by atoms with van der Waals surface area (Å²) >= 11 is 3.52. The van der Waals surface area contributed by atoms with E-state index in [1.54, 1.807) is 11.3 Å². The smallest absolute Gasteiger partial charge is 0.206 e. The van der Waals surface area contributed by atoms with Crippen LogP contribution in [0.3, 0.4) is 0 Å². The van der Waals surface area contributed by atoms with Crippen molar-refractivity contribution in [2.75, 3.05) is 43.9 Å². The first-order valence-electron chi connectivity index (χ1n) is 7.93. The van der Waals surface area contributed by atoms with Gasteiger partial charge in [0, 0.05) is 31.4 Å². The Morgan fingerprint density at radius 3 is 2.81 bits per heavy atom. The Labute approximate surface area is 134 Å². The van der Waals surface area contributed by atoms with Crippen LogP contribution in [0.5, 0.6) is 0 Å². The predicted molar refractivity (Wildman–Crippen MR) is 88.4 cm³/mol. The quantitative estimate of drug-likeness (QED) is 0.810. The lowest BCUT2D eigenvalue weighted by molar-refractivity contribution is 0.0410. The van der Waals surface area contributed by atoms with Crippen molar-refractivity contribution in [1.82, 2.24) is 15.1 Å². The molecule has 3 rings (SSSR count). The van der Waals surface area contributed by atoms with Crippen molar-refractivity contribution in [3.63, 3.8) is 0 Å². The van der Waals surface area contributed by atoms with Crippen LogP contribution >= 0.6 is 23.1 Å². The number of nitrogens with one attached hydrogen (secondary N) is 1. The molecule has 2 fully saturated rings. The predicted octanol–water partition coefficient (Wildman–Crippen LogP) is 2.71. The molecule has 1 aromatic rings. The van der Waals surface area contributed by atoms with Gasteiger partial charge in [-0.05, 0) is 12.8 Å². The SMILES string of the molecule is C1CCC(Nc2nnc(SCCN3CCOCC3)s2)CC1. The fourth-order valence-electron chi connectivity index (χ4n) is 2.83. The second-order valence-electron chi connectivity index (χ2n) is 5.65. The van der Waals surface area contributed by atoms with E-state index in [-0.39, 0.29) is 0 Å². The van der Waals surface area contributed by atoms with Crippen LogP contribution in [-0.4, -0.2) is 59.7 Å². The van der Waals surface area contributed by atoms with E-state index in [1.807, 2.05) is 11.8 Å². The molecule has 1 aliphatic carbocycles. The lowest BCUT2D eigenvalue weighted by Crippen LogP contribution is -2.37. The van der Waals surface area contributed by atoms with Gasteiger partial charge in [0.25, 0.3) is 0 Å². The van der Waals surface area contributed by atoms with Gasteiger partial charge in [-0.1, -0.05) is 42.4 Å². The standard InChI is InChI=1S/C14H24N4OS2/c1-2-4-12(5-3-1)15-13-16-17-14(21-13)20-11-8-18-6-9-19-10-7-18/h12H,1-11H2,(H,15,16). The Bertz CT molecular complexity index is 417. The molecule has 0 spiro atoms. The summed E-state index contributed by atoms with van der Waals surface area (Å²) in [6, 6.07) is 0.609. The summed E-state index contributed by atoms with van der Waals surface area (Å²) < 4.78 is 6.45. The molecule has 2 heterocycles. The van der Waals surface area contributed by atoms with Crippen molar-refractivity contribution in [2.24, 2.45) is 0 Å². The minimum Gasteiger partial charge on any atom is -0.379 e. The van der Waals surface area contributed by atoms with E-state index in [4.69, 9.17) is 4.74 Å². The average molecular weight is 329 g/mol. The summed E-state index contributed by atoms with van der Waals surface area (Å²) in [5.41, 5.74) is 0. The molecule has 1 aliphatic heterocycles. The van der Waals surface area contributed by atoms with Gasteiger partial charge >= 0.3 is 0 Å². The largest absolute Gasteiger partial charge is 0.379 e. The van der Waals surface area contributed by atoms with Gasteiger partial charge in [-0.3, -0.25) is 4.90 Å². The molecule has 0 radical (unpaired) electrons. The van der Waals surface area contributed by atoms with Crippen LogP contribution in [0.4, 0.5) is 5.13 Å². The number of nitrogens with zero attached hydrogens (tertiary/aromatic N) is 3. The second kappa shape index (κ2) is 8.31. The number of ether oxygens (including phenoxy) is 1. The summed E-state index contributed by atoms with van der Waals surface area (Å²) in [6.45, 7) is 4.98. The molecule has 21 heavy (non-hydrogen) atoms. The van der Waals surface area contributed by atoms with E-state index in [9.17, 15) is 0 Å². The molecule has 7 heteroatoms. The van der Waals surface area contributed by atoms with E-state index in [0.717, 1.165) is 48.1 Å². The average Bonchev–Trinajstić information content (AvgIpc) is 2.97. The van der Waals surface area contributed by atoms with Crippen LogP contribution in [0.2, 0.25) is 0 Å². The summed E-state index contributed by atoms with van der Waals surface area (Å²) in [5.74, 6) is 1.08. The third-order valence-electron chi connectivity index (χ3n) is 4.08. The summed E-state index contributed by atoms with van der Waals surface area (Å²) in [5, 5.41) is 13.1. The zero-order chi connectivity index (χ0) is 14.3. The van der Waals surface area contributed by atoms with E-state index in [2.05, 4.69) is 20.4 Å². The van der Waals surface area contributed by atoms with Crippen molar-refractivity contribution in [1.29, 1.82) is 0 Å². The number of anilines is 1. The molecule has 0 amide bonds. The Kier molecular flexibility index (Phi) is 6.14. The number of thioether (sulfide) groups is 1. The molecule has 0 bridgehead atoms. The monoisotopic (exact) mass is 328 g/mol. The van der Waals surface area contributed by atoms with Crippen LogP contribution in [0.1, 0.15) is 32.1 Å². The number of morpholine rings is 1. The molecule has 0 atom stereocenters. The normalized spacial score (nSPS) is 21.5. The topological polar surface area (TPSA) is 50.3 Å². The van der Waals surface area contributed by atoms with Crippen molar-refractivity contribution < 1.29 is 4.74 Å². The summed E-state index contributed by atoms with van der Waals surface area (Å²) in [7, 11) is 0. The first-order chi connectivity index (χ1) is 10.4. The maximum Gasteiger partial charge on any atom is 0.206 e. The van der Waals surface area contributed by atoms with Crippen molar-refractivity contribution >= 4 is 28.2 Å². The molecule has 2 aliphatic rings. The molecular formula is C14H24N4OS2. The number of hydrogen-bond acceptors (Lipinski definition) is 7. The molecule has 0 unspecified atom stereocenters. The van der Waals surface area contributed by atoms with E-state index in [1.165, 1.54) is 32.1 Å². The van der Waals surface area contributed by atoms with Crippen LogP contribution < -0.4 is 5.32 Å². The highest BCUT2D eigenvalue weighted by atomic mass is 32.2. The maximum absolute atomic E-state index is 5.36. The van der Waals surface area contributed by atoms with Gasteiger partial charge in [0.05, 0.1) is 13.2 Å². The molecule has 118 valence electrons. The minimum atomic E-state index is 0.609. The molecular weight excluding hydrogens is 304 g/mol. The number of rotatable bonds is 6. The summed E-state index contributed by atoms with van der Waals surface area (Å²) in [6.07, 6.45) is 6.63. The van der Waals surface area contributed by atoms with Crippen LogP contribution in [-0.2, 0) is 4.74 Å². The fourth-order valence-corrected chi connectivity index (χ4v) is 4.73. The maximum atomic E-state index is 5.36. The fraction of sp³-hybridized carbons (Fsp3) is 0.857.